The topological polar surface area (TPSA) is 67.4 Å². The Morgan fingerprint density at radius 3 is 2.77 bits per heavy atom. The van der Waals surface area contributed by atoms with Gasteiger partial charge in [0.2, 0.25) is 0 Å². The fourth-order valence-electron chi connectivity index (χ4n) is 2.21. The number of benzene rings is 2. The van der Waals surface area contributed by atoms with Crippen molar-refractivity contribution in [2.24, 2.45) is 0 Å². The molecule has 1 aliphatic rings. The molecular weight excluding hydrogens is 280 g/mol. The minimum Gasteiger partial charge on any atom is -0.482 e. The average molecular weight is 296 g/mol. The summed E-state index contributed by atoms with van der Waals surface area (Å²) >= 11 is 0. The van der Waals surface area contributed by atoms with Crippen LogP contribution in [0.3, 0.4) is 0 Å². The standard InChI is InChI=1S/C17H16N2O3/c1-11-2-4-12(5-3-11)9-18-17(21)13-6-7-14-15(8-13)22-10-16(20)19-14/h2-8H,9-10H2,1H3,(H,18,21)(H,19,20). The Bertz CT molecular complexity index is 723. The first kappa shape index (κ1) is 14.1. The number of nitrogens with one attached hydrogen (secondary N) is 2. The van der Waals surface area contributed by atoms with Gasteiger partial charge >= 0.3 is 0 Å². The van der Waals surface area contributed by atoms with Crippen LogP contribution in [0.2, 0.25) is 0 Å². The molecule has 2 amide bonds. The number of carbonyl (C=O) groups is 2. The summed E-state index contributed by atoms with van der Waals surface area (Å²) in [5.74, 6) is 0.149. The quantitative estimate of drug-likeness (QED) is 0.913. The van der Waals surface area contributed by atoms with Gasteiger partial charge in [-0.25, -0.2) is 0 Å². The lowest BCUT2D eigenvalue weighted by Crippen LogP contribution is -2.26. The Hall–Kier alpha value is -2.82. The summed E-state index contributed by atoms with van der Waals surface area (Å²) in [7, 11) is 0. The molecule has 2 aromatic carbocycles. The molecule has 0 aliphatic carbocycles. The van der Waals surface area contributed by atoms with Crippen molar-refractivity contribution >= 4 is 17.5 Å². The third-order valence-electron chi connectivity index (χ3n) is 3.45. The summed E-state index contributed by atoms with van der Waals surface area (Å²) in [5, 5.41) is 5.56. The van der Waals surface area contributed by atoms with Gasteiger partial charge in [-0.3, -0.25) is 9.59 Å². The van der Waals surface area contributed by atoms with Crippen LogP contribution in [0.5, 0.6) is 5.75 Å². The fourth-order valence-corrected chi connectivity index (χ4v) is 2.21. The van der Waals surface area contributed by atoms with Gasteiger partial charge in [-0.2, -0.15) is 0 Å². The Morgan fingerprint density at radius 1 is 1.23 bits per heavy atom. The average Bonchev–Trinajstić information content (AvgIpc) is 2.53. The van der Waals surface area contributed by atoms with Gasteiger partial charge in [0, 0.05) is 12.1 Å². The lowest BCUT2D eigenvalue weighted by atomic mass is 10.1. The van der Waals surface area contributed by atoms with Crippen LogP contribution in [0.25, 0.3) is 0 Å². The molecule has 0 saturated heterocycles. The van der Waals surface area contributed by atoms with Crippen molar-refractivity contribution in [3.8, 4) is 5.75 Å². The highest BCUT2D eigenvalue weighted by atomic mass is 16.5. The molecule has 112 valence electrons. The number of fused-ring (bicyclic) bond motifs is 1. The molecular formula is C17H16N2O3. The van der Waals surface area contributed by atoms with Crippen molar-refractivity contribution in [3.63, 3.8) is 0 Å². The Morgan fingerprint density at radius 2 is 2.00 bits per heavy atom. The van der Waals surface area contributed by atoms with E-state index in [1.807, 2.05) is 31.2 Å². The van der Waals surface area contributed by atoms with Gasteiger partial charge < -0.3 is 15.4 Å². The van der Waals surface area contributed by atoms with Gasteiger partial charge in [0.15, 0.2) is 6.61 Å². The molecule has 0 aromatic heterocycles. The number of hydrogen-bond acceptors (Lipinski definition) is 3. The van der Waals surface area contributed by atoms with E-state index in [1.165, 1.54) is 5.56 Å². The second-order valence-electron chi connectivity index (χ2n) is 5.22. The zero-order valence-corrected chi connectivity index (χ0v) is 12.2. The summed E-state index contributed by atoms with van der Waals surface area (Å²) < 4.78 is 5.31. The van der Waals surface area contributed by atoms with E-state index >= 15 is 0 Å². The second kappa shape index (κ2) is 5.89. The van der Waals surface area contributed by atoms with Crippen LogP contribution in [0, 0.1) is 6.92 Å². The highest BCUT2D eigenvalue weighted by Crippen LogP contribution is 2.28. The van der Waals surface area contributed by atoms with Crippen LogP contribution in [0.1, 0.15) is 21.5 Å². The van der Waals surface area contributed by atoms with Gasteiger partial charge in [0.25, 0.3) is 11.8 Å². The number of rotatable bonds is 3. The zero-order valence-electron chi connectivity index (χ0n) is 12.2. The zero-order chi connectivity index (χ0) is 15.5. The molecule has 2 N–H and O–H groups in total. The molecule has 1 aliphatic heterocycles. The van der Waals surface area contributed by atoms with Crippen molar-refractivity contribution in [1.82, 2.24) is 5.32 Å². The number of hydrogen-bond donors (Lipinski definition) is 2. The summed E-state index contributed by atoms with van der Waals surface area (Å²) in [6.07, 6.45) is 0. The number of carbonyl (C=O) groups excluding carboxylic acids is 2. The van der Waals surface area contributed by atoms with Gasteiger partial charge in [-0.1, -0.05) is 29.8 Å². The van der Waals surface area contributed by atoms with Crippen molar-refractivity contribution in [2.75, 3.05) is 11.9 Å². The number of anilines is 1. The smallest absolute Gasteiger partial charge is 0.262 e. The third-order valence-corrected chi connectivity index (χ3v) is 3.45. The normalized spacial score (nSPS) is 12.9. The molecule has 0 fully saturated rings. The summed E-state index contributed by atoms with van der Waals surface area (Å²) in [6.45, 7) is 2.46. The van der Waals surface area contributed by atoms with E-state index in [9.17, 15) is 9.59 Å². The molecule has 1 heterocycles. The highest BCUT2D eigenvalue weighted by Gasteiger charge is 2.17. The number of aryl methyl sites for hydroxylation is 1. The molecule has 3 rings (SSSR count). The molecule has 0 bridgehead atoms. The maximum atomic E-state index is 12.2. The van der Waals surface area contributed by atoms with Crippen molar-refractivity contribution < 1.29 is 14.3 Å². The lowest BCUT2D eigenvalue weighted by Gasteiger charge is -2.18. The van der Waals surface area contributed by atoms with Crippen LogP contribution < -0.4 is 15.4 Å². The Labute approximate surface area is 128 Å². The van der Waals surface area contributed by atoms with E-state index < -0.39 is 0 Å². The molecule has 0 radical (unpaired) electrons. The molecule has 5 nitrogen and oxygen atoms in total. The number of ether oxygens (including phenoxy) is 1. The molecule has 0 atom stereocenters. The maximum Gasteiger partial charge on any atom is 0.262 e. The molecule has 0 saturated carbocycles. The first-order valence-electron chi connectivity index (χ1n) is 7.02. The minimum absolute atomic E-state index is 0.0264. The molecule has 0 unspecified atom stereocenters. The van der Waals surface area contributed by atoms with E-state index in [0.717, 1.165) is 5.56 Å². The fraction of sp³-hybridized carbons (Fsp3) is 0.176. The van der Waals surface area contributed by atoms with E-state index in [4.69, 9.17) is 4.74 Å². The van der Waals surface area contributed by atoms with E-state index in [0.29, 0.717) is 23.5 Å². The Balaban J connectivity index is 1.67. The van der Waals surface area contributed by atoms with Crippen LogP contribution in [-0.2, 0) is 11.3 Å². The summed E-state index contributed by atoms with van der Waals surface area (Å²) in [5.41, 5.74) is 3.32. The SMILES string of the molecule is Cc1ccc(CNC(=O)c2ccc3c(c2)OCC(=O)N3)cc1. The molecule has 22 heavy (non-hydrogen) atoms. The molecule has 2 aromatic rings. The molecule has 0 spiro atoms. The van der Waals surface area contributed by atoms with Crippen LogP contribution in [0.4, 0.5) is 5.69 Å². The van der Waals surface area contributed by atoms with Crippen molar-refractivity contribution in [2.45, 2.75) is 13.5 Å². The summed E-state index contributed by atoms with van der Waals surface area (Å²) in [6, 6.07) is 13.0. The monoisotopic (exact) mass is 296 g/mol. The van der Waals surface area contributed by atoms with Crippen molar-refractivity contribution in [1.29, 1.82) is 0 Å². The van der Waals surface area contributed by atoms with Gasteiger partial charge in [-0.05, 0) is 30.7 Å². The van der Waals surface area contributed by atoms with Crippen LogP contribution >= 0.6 is 0 Å². The first-order chi connectivity index (χ1) is 10.6. The van der Waals surface area contributed by atoms with E-state index in [2.05, 4.69) is 10.6 Å². The van der Waals surface area contributed by atoms with Crippen LogP contribution in [0.15, 0.2) is 42.5 Å². The lowest BCUT2D eigenvalue weighted by molar-refractivity contribution is -0.118. The maximum absolute atomic E-state index is 12.2. The highest BCUT2D eigenvalue weighted by molar-refractivity contribution is 5.98. The Kier molecular flexibility index (Phi) is 3.78. The van der Waals surface area contributed by atoms with Gasteiger partial charge in [0.1, 0.15) is 5.75 Å². The first-order valence-corrected chi connectivity index (χ1v) is 7.02. The minimum atomic E-state index is -0.191. The van der Waals surface area contributed by atoms with Crippen molar-refractivity contribution in [3.05, 3.63) is 59.2 Å². The van der Waals surface area contributed by atoms with E-state index in [-0.39, 0.29) is 18.4 Å². The van der Waals surface area contributed by atoms with Gasteiger partial charge in [-0.15, -0.1) is 0 Å². The van der Waals surface area contributed by atoms with Crippen LogP contribution in [-0.4, -0.2) is 18.4 Å². The second-order valence-corrected chi connectivity index (χ2v) is 5.22. The number of amides is 2. The van der Waals surface area contributed by atoms with Gasteiger partial charge in [0.05, 0.1) is 5.69 Å². The van der Waals surface area contributed by atoms with E-state index in [1.54, 1.807) is 18.2 Å². The predicted molar refractivity (Wildman–Crippen MR) is 82.9 cm³/mol. The summed E-state index contributed by atoms with van der Waals surface area (Å²) in [4.78, 5) is 23.4. The largest absolute Gasteiger partial charge is 0.482 e. The predicted octanol–water partition coefficient (Wildman–Crippen LogP) is 2.26. The molecule has 5 heteroatoms. The third kappa shape index (κ3) is 3.09.